The standard InChI is InChI=1S/C16H19ClN2O/c1-3-10-18(2)16(20)12-15-5-4-11-19(15)14-8-6-13(17)7-9-14/h4-9,11H,3,10,12H2,1-2H3. The van der Waals surface area contributed by atoms with Crippen molar-refractivity contribution in [2.75, 3.05) is 13.6 Å². The van der Waals surface area contributed by atoms with Gasteiger partial charge in [-0.25, -0.2) is 0 Å². The van der Waals surface area contributed by atoms with E-state index in [4.69, 9.17) is 11.6 Å². The van der Waals surface area contributed by atoms with Crippen LogP contribution in [0.1, 0.15) is 19.0 Å². The number of hydrogen-bond acceptors (Lipinski definition) is 1. The molecule has 0 fully saturated rings. The highest BCUT2D eigenvalue weighted by Crippen LogP contribution is 2.17. The van der Waals surface area contributed by atoms with Gasteiger partial charge in [0.2, 0.25) is 5.91 Å². The molecule has 0 saturated heterocycles. The quantitative estimate of drug-likeness (QED) is 0.827. The number of halogens is 1. The minimum Gasteiger partial charge on any atom is -0.345 e. The predicted molar refractivity (Wildman–Crippen MR) is 82.4 cm³/mol. The Labute approximate surface area is 124 Å². The van der Waals surface area contributed by atoms with Crippen LogP contribution in [0.3, 0.4) is 0 Å². The molecule has 0 aliphatic heterocycles. The molecule has 1 aromatic heterocycles. The second kappa shape index (κ2) is 6.62. The van der Waals surface area contributed by atoms with E-state index in [9.17, 15) is 4.79 Å². The maximum atomic E-state index is 12.1. The molecule has 4 heteroatoms. The zero-order valence-corrected chi connectivity index (χ0v) is 12.6. The summed E-state index contributed by atoms with van der Waals surface area (Å²) in [4.78, 5) is 13.9. The van der Waals surface area contributed by atoms with Gasteiger partial charge in [0.15, 0.2) is 0 Å². The smallest absolute Gasteiger partial charge is 0.228 e. The number of carbonyl (C=O) groups excluding carboxylic acids is 1. The van der Waals surface area contributed by atoms with Crippen LogP contribution in [0.4, 0.5) is 0 Å². The van der Waals surface area contributed by atoms with E-state index in [1.165, 1.54) is 0 Å². The molecule has 20 heavy (non-hydrogen) atoms. The maximum absolute atomic E-state index is 12.1. The fourth-order valence-corrected chi connectivity index (χ4v) is 2.29. The van der Waals surface area contributed by atoms with Crippen molar-refractivity contribution in [3.05, 3.63) is 53.3 Å². The topological polar surface area (TPSA) is 25.2 Å². The molecule has 0 aliphatic carbocycles. The molecule has 2 aromatic rings. The highest BCUT2D eigenvalue weighted by molar-refractivity contribution is 6.30. The second-order valence-electron chi connectivity index (χ2n) is 4.84. The van der Waals surface area contributed by atoms with Gasteiger partial charge in [0.05, 0.1) is 6.42 Å². The van der Waals surface area contributed by atoms with E-state index >= 15 is 0 Å². The van der Waals surface area contributed by atoms with Gasteiger partial charge in [-0.2, -0.15) is 0 Å². The minimum absolute atomic E-state index is 0.140. The molecular weight excluding hydrogens is 272 g/mol. The van der Waals surface area contributed by atoms with Gasteiger partial charge < -0.3 is 9.47 Å². The van der Waals surface area contributed by atoms with Gasteiger partial charge in [-0.05, 0) is 42.8 Å². The lowest BCUT2D eigenvalue weighted by molar-refractivity contribution is -0.129. The molecule has 0 radical (unpaired) electrons. The van der Waals surface area contributed by atoms with E-state index in [1.807, 2.05) is 54.2 Å². The van der Waals surface area contributed by atoms with Crippen molar-refractivity contribution in [2.45, 2.75) is 19.8 Å². The zero-order valence-electron chi connectivity index (χ0n) is 11.8. The Kier molecular flexibility index (Phi) is 4.85. The number of carbonyl (C=O) groups is 1. The lowest BCUT2D eigenvalue weighted by Gasteiger charge is -2.17. The molecule has 0 spiro atoms. The first-order valence-electron chi connectivity index (χ1n) is 6.78. The molecule has 1 aromatic carbocycles. The van der Waals surface area contributed by atoms with Crippen molar-refractivity contribution < 1.29 is 4.79 Å². The first kappa shape index (κ1) is 14.7. The molecule has 0 saturated carbocycles. The third-order valence-corrected chi connectivity index (χ3v) is 3.51. The molecule has 0 N–H and O–H groups in total. The summed E-state index contributed by atoms with van der Waals surface area (Å²) in [5.74, 6) is 0.140. The van der Waals surface area contributed by atoms with Gasteiger partial charge in [-0.1, -0.05) is 18.5 Å². The summed E-state index contributed by atoms with van der Waals surface area (Å²) in [6, 6.07) is 11.5. The maximum Gasteiger partial charge on any atom is 0.228 e. The van der Waals surface area contributed by atoms with Crippen molar-refractivity contribution in [1.82, 2.24) is 9.47 Å². The third-order valence-electron chi connectivity index (χ3n) is 3.26. The predicted octanol–water partition coefficient (Wildman–Crippen LogP) is 3.54. The van der Waals surface area contributed by atoms with Crippen molar-refractivity contribution >= 4 is 17.5 Å². The van der Waals surface area contributed by atoms with E-state index < -0.39 is 0 Å². The number of aromatic nitrogens is 1. The Hall–Kier alpha value is -1.74. The van der Waals surface area contributed by atoms with Gasteiger partial charge in [0.25, 0.3) is 0 Å². The van der Waals surface area contributed by atoms with Crippen molar-refractivity contribution in [2.24, 2.45) is 0 Å². The summed E-state index contributed by atoms with van der Waals surface area (Å²) in [7, 11) is 1.85. The lowest BCUT2D eigenvalue weighted by atomic mass is 10.2. The molecule has 0 unspecified atom stereocenters. The van der Waals surface area contributed by atoms with E-state index in [0.717, 1.165) is 24.3 Å². The van der Waals surface area contributed by atoms with E-state index in [0.29, 0.717) is 11.4 Å². The Bertz CT molecular complexity index is 574. The molecule has 0 bridgehead atoms. The molecular formula is C16H19ClN2O. The highest BCUT2D eigenvalue weighted by Gasteiger charge is 2.12. The van der Waals surface area contributed by atoms with Crippen molar-refractivity contribution in [3.63, 3.8) is 0 Å². The normalized spacial score (nSPS) is 10.6. The Balaban J connectivity index is 2.17. The van der Waals surface area contributed by atoms with Crippen molar-refractivity contribution in [3.8, 4) is 5.69 Å². The SMILES string of the molecule is CCCN(C)C(=O)Cc1cccn1-c1ccc(Cl)cc1. The van der Waals surface area contributed by atoms with Crippen LogP contribution in [0.15, 0.2) is 42.6 Å². The number of rotatable bonds is 5. The number of amides is 1. The average molecular weight is 291 g/mol. The molecule has 106 valence electrons. The van der Waals surface area contributed by atoms with Crippen LogP contribution < -0.4 is 0 Å². The van der Waals surface area contributed by atoms with Crippen LogP contribution in [0.5, 0.6) is 0 Å². The summed E-state index contributed by atoms with van der Waals surface area (Å²) in [6.07, 6.45) is 3.35. The highest BCUT2D eigenvalue weighted by atomic mass is 35.5. The monoisotopic (exact) mass is 290 g/mol. The molecule has 1 heterocycles. The van der Waals surface area contributed by atoms with Crippen LogP contribution in [0.2, 0.25) is 5.02 Å². The van der Waals surface area contributed by atoms with Gasteiger partial charge in [-0.3, -0.25) is 4.79 Å². The van der Waals surface area contributed by atoms with Crippen LogP contribution in [0, 0.1) is 0 Å². The summed E-state index contributed by atoms with van der Waals surface area (Å²) in [6.45, 7) is 2.86. The zero-order chi connectivity index (χ0) is 14.5. The largest absolute Gasteiger partial charge is 0.345 e. The number of likely N-dealkylation sites (N-methyl/N-ethyl adjacent to an activating group) is 1. The third kappa shape index (κ3) is 3.42. The summed E-state index contributed by atoms with van der Waals surface area (Å²) >= 11 is 5.90. The van der Waals surface area contributed by atoms with Crippen LogP contribution >= 0.6 is 11.6 Å². The van der Waals surface area contributed by atoms with E-state index in [-0.39, 0.29) is 5.91 Å². The molecule has 0 atom stereocenters. The first-order chi connectivity index (χ1) is 9.61. The van der Waals surface area contributed by atoms with Gasteiger partial charge in [-0.15, -0.1) is 0 Å². The molecule has 2 rings (SSSR count). The van der Waals surface area contributed by atoms with E-state index in [1.54, 1.807) is 4.90 Å². The fourth-order valence-electron chi connectivity index (χ4n) is 2.16. The Morgan fingerprint density at radius 1 is 1.25 bits per heavy atom. The number of benzene rings is 1. The van der Waals surface area contributed by atoms with E-state index in [2.05, 4.69) is 6.92 Å². The summed E-state index contributed by atoms with van der Waals surface area (Å²) in [5.41, 5.74) is 2.00. The molecule has 3 nitrogen and oxygen atoms in total. The molecule has 0 aliphatic rings. The fraction of sp³-hybridized carbons (Fsp3) is 0.312. The first-order valence-corrected chi connectivity index (χ1v) is 7.15. The summed E-state index contributed by atoms with van der Waals surface area (Å²) < 4.78 is 2.02. The molecule has 1 amide bonds. The van der Waals surface area contributed by atoms with Gasteiger partial charge in [0.1, 0.15) is 0 Å². The second-order valence-corrected chi connectivity index (χ2v) is 5.27. The van der Waals surface area contributed by atoms with Gasteiger partial charge in [0, 0.05) is 36.2 Å². The number of hydrogen-bond donors (Lipinski definition) is 0. The van der Waals surface area contributed by atoms with Crippen LogP contribution in [0.25, 0.3) is 5.69 Å². The Morgan fingerprint density at radius 3 is 2.60 bits per heavy atom. The Morgan fingerprint density at radius 2 is 1.95 bits per heavy atom. The minimum atomic E-state index is 0.140. The van der Waals surface area contributed by atoms with Crippen LogP contribution in [-0.2, 0) is 11.2 Å². The van der Waals surface area contributed by atoms with Crippen LogP contribution in [-0.4, -0.2) is 29.0 Å². The van der Waals surface area contributed by atoms with Crippen molar-refractivity contribution in [1.29, 1.82) is 0 Å². The van der Waals surface area contributed by atoms with Gasteiger partial charge >= 0.3 is 0 Å². The summed E-state index contributed by atoms with van der Waals surface area (Å²) in [5, 5.41) is 0.709. The average Bonchev–Trinajstić information content (AvgIpc) is 2.88. The lowest BCUT2D eigenvalue weighted by Crippen LogP contribution is -2.29. The number of nitrogens with zero attached hydrogens (tertiary/aromatic N) is 2.